The molecule has 0 saturated carbocycles. The molecule has 2 rings (SSSR count). The smallest absolute Gasteiger partial charge is 0.343 e. The Kier molecular flexibility index (Phi) is 5.29. The Morgan fingerprint density at radius 1 is 1.16 bits per heavy atom. The van der Waals surface area contributed by atoms with E-state index in [2.05, 4.69) is 6.58 Å². The Hall–Kier alpha value is -2.62. The van der Waals surface area contributed by atoms with Crippen molar-refractivity contribution in [2.24, 2.45) is 0 Å². The summed E-state index contributed by atoms with van der Waals surface area (Å²) in [4.78, 5) is 20.6. The standard InChI is InChI=1S/C13H10O2.C2H4O2/c1-2-15-13(14)12-9-5-7-10-6-3-4-8-11(10)12;1-2(3)4/h2-9H,1H2;1H3,(H,3,4). The van der Waals surface area contributed by atoms with Crippen molar-refractivity contribution in [2.45, 2.75) is 6.92 Å². The van der Waals surface area contributed by atoms with Crippen LogP contribution in [-0.4, -0.2) is 17.0 Å². The van der Waals surface area contributed by atoms with E-state index in [1.807, 2.05) is 36.4 Å². The number of ether oxygens (including phenoxy) is 1. The number of hydrogen-bond acceptors (Lipinski definition) is 3. The molecule has 1 N–H and O–H groups in total. The van der Waals surface area contributed by atoms with Crippen LogP contribution < -0.4 is 0 Å². The molecule has 0 bridgehead atoms. The highest BCUT2D eigenvalue weighted by Gasteiger charge is 2.09. The lowest BCUT2D eigenvalue weighted by Gasteiger charge is -2.03. The van der Waals surface area contributed by atoms with E-state index in [-0.39, 0.29) is 5.97 Å². The van der Waals surface area contributed by atoms with Crippen molar-refractivity contribution in [1.29, 1.82) is 0 Å². The van der Waals surface area contributed by atoms with Crippen molar-refractivity contribution in [3.05, 3.63) is 60.9 Å². The third kappa shape index (κ3) is 4.27. The van der Waals surface area contributed by atoms with Gasteiger partial charge in [-0.15, -0.1) is 0 Å². The second kappa shape index (κ2) is 6.96. The van der Waals surface area contributed by atoms with Crippen LogP contribution in [0.15, 0.2) is 55.3 Å². The van der Waals surface area contributed by atoms with Gasteiger partial charge in [-0.1, -0.05) is 43.0 Å². The number of carbonyl (C=O) groups is 2. The lowest BCUT2D eigenvalue weighted by Crippen LogP contribution is -2.00. The third-order valence-electron chi connectivity index (χ3n) is 2.20. The van der Waals surface area contributed by atoms with Gasteiger partial charge in [-0.3, -0.25) is 4.79 Å². The number of aliphatic carboxylic acids is 1. The van der Waals surface area contributed by atoms with Gasteiger partial charge in [0.25, 0.3) is 5.97 Å². The molecule has 0 atom stereocenters. The summed E-state index contributed by atoms with van der Waals surface area (Å²) in [5.41, 5.74) is 0.563. The molecule has 98 valence electrons. The average molecular weight is 258 g/mol. The highest BCUT2D eigenvalue weighted by molar-refractivity contribution is 6.04. The zero-order valence-corrected chi connectivity index (χ0v) is 10.5. The topological polar surface area (TPSA) is 63.6 Å². The maximum atomic E-state index is 11.6. The van der Waals surface area contributed by atoms with Gasteiger partial charge in [0.2, 0.25) is 0 Å². The van der Waals surface area contributed by atoms with Gasteiger partial charge >= 0.3 is 5.97 Å². The van der Waals surface area contributed by atoms with Crippen LogP contribution in [-0.2, 0) is 9.53 Å². The van der Waals surface area contributed by atoms with Gasteiger partial charge in [0, 0.05) is 6.92 Å². The molecule has 0 saturated heterocycles. The number of carboxylic acids is 1. The molecule has 4 nitrogen and oxygen atoms in total. The fourth-order valence-electron chi connectivity index (χ4n) is 1.54. The number of rotatable bonds is 2. The lowest BCUT2D eigenvalue weighted by atomic mass is 10.1. The summed E-state index contributed by atoms with van der Waals surface area (Å²) in [5, 5.41) is 9.34. The largest absolute Gasteiger partial charge is 0.481 e. The summed E-state index contributed by atoms with van der Waals surface area (Å²) in [7, 11) is 0. The number of carbonyl (C=O) groups excluding carboxylic acids is 1. The van der Waals surface area contributed by atoms with E-state index in [0.717, 1.165) is 24.0 Å². The van der Waals surface area contributed by atoms with Crippen LogP contribution in [0.3, 0.4) is 0 Å². The normalized spacial score (nSPS) is 9.11. The van der Waals surface area contributed by atoms with E-state index in [1.54, 1.807) is 6.07 Å². The number of carboxylic acid groups (broad SMARTS) is 1. The molecule has 2 aromatic rings. The molecule has 0 aliphatic rings. The molecule has 0 heterocycles. The van der Waals surface area contributed by atoms with Crippen LogP contribution in [0.1, 0.15) is 17.3 Å². The number of hydrogen-bond donors (Lipinski definition) is 1. The fourth-order valence-corrected chi connectivity index (χ4v) is 1.54. The summed E-state index contributed by atoms with van der Waals surface area (Å²) < 4.78 is 4.76. The summed E-state index contributed by atoms with van der Waals surface area (Å²) >= 11 is 0. The Morgan fingerprint density at radius 2 is 1.74 bits per heavy atom. The maximum Gasteiger partial charge on any atom is 0.343 e. The van der Waals surface area contributed by atoms with E-state index < -0.39 is 5.97 Å². The van der Waals surface area contributed by atoms with E-state index in [0.29, 0.717) is 5.56 Å². The summed E-state index contributed by atoms with van der Waals surface area (Å²) in [6.07, 6.45) is 1.14. The molecule has 0 fully saturated rings. The Labute approximate surface area is 110 Å². The van der Waals surface area contributed by atoms with Gasteiger partial charge in [0.15, 0.2) is 0 Å². The minimum absolute atomic E-state index is 0.373. The van der Waals surface area contributed by atoms with E-state index >= 15 is 0 Å². The van der Waals surface area contributed by atoms with Crippen LogP contribution in [0.2, 0.25) is 0 Å². The molecule has 0 spiro atoms. The Bertz CT molecular complexity index is 593. The maximum absolute atomic E-state index is 11.6. The molecule has 0 aliphatic heterocycles. The third-order valence-corrected chi connectivity index (χ3v) is 2.20. The molecule has 0 aromatic heterocycles. The highest BCUT2D eigenvalue weighted by Crippen LogP contribution is 2.19. The van der Waals surface area contributed by atoms with Crippen LogP contribution in [0, 0.1) is 0 Å². The molecular formula is C15H14O4. The first-order valence-corrected chi connectivity index (χ1v) is 5.55. The summed E-state index contributed by atoms with van der Waals surface area (Å²) in [5.74, 6) is -1.21. The molecule has 19 heavy (non-hydrogen) atoms. The van der Waals surface area contributed by atoms with Gasteiger partial charge in [-0.05, 0) is 16.8 Å². The molecule has 0 aliphatic carbocycles. The van der Waals surface area contributed by atoms with Gasteiger partial charge in [-0.25, -0.2) is 4.79 Å². The lowest BCUT2D eigenvalue weighted by molar-refractivity contribution is -0.134. The van der Waals surface area contributed by atoms with Gasteiger partial charge in [0.05, 0.1) is 11.8 Å². The van der Waals surface area contributed by atoms with Crippen molar-refractivity contribution in [3.8, 4) is 0 Å². The van der Waals surface area contributed by atoms with Gasteiger partial charge < -0.3 is 9.84 Å². The van der Waals surface area contributed by atoms with E-state index in [9.17, 15) is 4.79 Å². The van der Waals surface area contributed by atoms with Crippen molar-refractivity contribution >= 4 is 22.7 Å². The van der Waals surface area contributed by atoms with Gasteiger partial charge in [-0.2, -0.15) is 0 Å². The molecule has 0 radical (unpaired) electrons. The van der Waals surface area contributed by atoms with Crippen molar-refractivity contribution in [1.82, 2.24) is 0 Å². The summed E-state index contributed by atoms with van der Waals surface area (Å²) in [6, 6.07) is 13.2. The van der Waals surface area contributed by atoms with Crippen LogP contribution in [0.4, 0.5) is 0 Å². The zero-order valence-electron chi connectivity index (χ0n) is 10.5. The number of benzene rings is 2. The SMILES string of the molecule is C=COC(=O)c1cccc2ccccc12.CC(=O)O. The van der Waals surface area contributed by atoms with Crippen molar-refractivity contribution in [2.75, 3.05) is 0 Å². The number of fused-ring (bicyclic) bond motifs is 1. The average Bonchev–Trinajstić information content (AvgIpc) is 2.37. The molecule has 4 heteroatoms. The molecular weight excluding hydrogens is 244 g/mol. The zero-order chi connectivity index (χ0) is 14.3. The second-order valence-electron chi connectivity index (χ2n) is 3.62. The highest BCUT2D eigenvalue weighted by atomic mass is 16.5. The van der Waals surface area contributed by atoms with E-state index in [4.69, 9.17) is 14.6 Å². The van der Waals surface area contributed by atoms with Crippen LogP contribution in [0.25, 0.3) is 10.8 Å². The van der Waals surface area contributed by atoms with E-state index in [1.165, 1.54) is 0 Å². The first-order chi connectivity index (χ1) is 9.06. The predicted molar refractivity (Wildman–Crippen MR) is 72.9 cm³/mol. The second-order valence-corrected chi connectivity index (χ2v) is 3.62. The minimum Gasteiger partial charge on any atom is -0.481 e. The minimum atomic E-state index is -0.833. The summed E-state index contributed by atoms with van der Waals surface area (Å²) in [6.45, 7) is 4.45. The predicted octanol–water partition coefficient (Wildman–Crippen LogP) is 3.23. The quantitative estimate of drug-likeness (QED) is 0.663. The molecule has 0 amide bonds. The van der Waals surface area contributed by atoms with Crippen LogP contribution >= 0.6 is 0 Å². The Morgan fingerprint density at radius 3 is 2.37 bits per heavy atom. The fraction of sp³-hybridized carbons (Fsp3) is 0.0667. The Balaban J connectivity index is 0.000000399. The molecule has 2 aromatic carbocycles. The molecule has 0 unspecified atom stereocenters. The number of esters is 1. The first-order valence-electron chi connectivity index (χ1n) is 5.55. The first kappa shape index (κ1) is 14.4. The monoisotopic (exact) mass is 258 g/mol. The van der Waals surface area contributed by atoms with Gasteiger partial charge in [0.1, 0.15) is 0 Å². The van der Waals surface area contributed by atoms with Crippen molar-refractivity contribution < 1.29 is 19.4 Å². The van der Waals surface area contributed by atoms with Crippen LogP contribution in [0.5, 0.6) is 0 Å². The van der Waals surface area contributed by atoms with Crippen molar-refractivity contribution in [3.63, 3.8) is 0 Å².